The molecule has 0 unspecified atom stereocenters. The number of alkyl halides is 2. The van der Waals surface area contributed by atoms with Crippen molar-refractivity contribution >= 4 is 17.2 Å². The van der Waals surface area contributed by atoms with E-state index in [9.17, 15) is 13.6 Å². The van der Waals surface area contributed by atoms with Crippen molar-refractivity contribution in [3.8, 4) is 11.1 Å². The van der Waals surface area contributed by atoms with Crippen molar-refractivity contribution in [2.45, 2.75) is 25.4 Å². The minimum absolute atomic E-state index is 0.122. The van der Waals surface area contributed by atoms with E-state index in [-0.39, 0.29) is 30.4 Å². The molecule has 2 aromatic heterocycles. The average molecular weight is 355 g/mol. The van der Waals surface area contributed by atoms with Crippen LogP contribution in [0, 0.1) is 5.92 Å². The van der Waals surface area contributed by atoms with Crippen LogP contribution in [0.2, 0.25) is 0 Å². The van der Waals surface area contributed by atoms with Gasteiger partial charge in [0.2, 0.25) is 0 Å². The molecule has 4 nitrogen and oxygen atoms in total. The van der Waals surface area contributed by atoms with Gasteiger partial charge < -0.3 is 5.73 Å². The first-order valence-electron chi connectivity index (χ1n) is 8.70. The second kappa shape index (κ2) is 6.52. The molecule has 4 rings (SSSR count). The third kappa shape index (κ3) is 2.85. The lowest BCUT2D eigenvalue weighted by molar-refractivity contribution is 0.0952. The molecule has 0 bridgehead atoms. The number of halogens is 2. The highest BCUT2D eigenvalue weighted by Crippen LogP contribution is 2.38. The Balaban J connectivity index is 1.80. The average Bonchev–Trinajstić information content (AvgIpc) is 3.28. The van der Waals surface area contributed by atoms with E-state index in [1.54, 1.807) is 16.7 Å². The highest BCUT2D eigenvalue weighted by Gasteiger charge is 2.45. The first-order valence-corrected chi connectivity index (χ1v) is 8.70. The lowest BCUT2D eigenvalue weighted by Crippen LogP contribution is -2.10. The number of aromatic nitrogens is 2. The molecule has 1 fully saturated rings. The van der Waals surface area contributed by atoms with Gasteiger partial charge in [0.25, 0.3) is 0 Å². The van der Waals surface area contributed by atoms with Crippen LogP contribution in [-0.4, -0.2) is 28.0 Å². The summed E-state index contributed by atoms with van der Waals surface area (Å²) in [6.45, 7) is -0.365. The molecule has 2 atom stereocenters. The Morgan fingerprint density at radius 1 is 1.27 bits per heavy atom. The topological polar surface area (TPSA) is 60.4 Å². The number of benzene rings is 1. The second-order valence-corrected chi connectivity index (χ2v) is 6.66. The smallest absolute Gasteiger partial charge is 0.189 e. The summed E-state index contributed by atoms with van der Waals surface area (Å²) in [7, 11) is 0. The van der Waals surface area contributed by atoms with Gasteiger partial charge in [0, 0.05) is 6.20 Å². The summed E-state index contributed by atoms with van der Waals surface area (Å²) in [5, 5.41) is 0. The maximum Gasteiger partial charge on any atom is 0.189 e. The Kier molecular flexibility index (Phi) is 4.18. The number of nitrogens with two attached hydrogens (primary N) is 1. The molecule has 6 heteroatoms. The van der Waals surface area contributed by atoms with Gasteiger partial charge >= 0.3 is 0 Å². The van der Waals surface area contributed by atoms with Crippen LogP contribution in [0.25, 0.3) is 16.8 Å². The van der Waals surface area contributed by atoms with E-state index in [2.05, 4.69) is 4.98 Å². The van der Waals surface area contributed by atoms with Crippen LogP contribution in [0.3, 0.4) is 0 Å². The zero-order chi connectivity index (χ0) is 18.3. The number of Topliss-reactive ketones (excluding diaryl/α,β-unsaturated/α-hetero) is 1. The third-order valence-electron chi connectivity index (χ3n) is 4.84. The van der Waals surface area contributed by atoms with Gasteiger partial charge in [-0.05, 0) is 48.1 Å². The summed E-state index contributed by atoms with van der Waals surface area (Å²) < 4.78 is 27.6. The predicted molar refractivity (Wildman–Crippen MR) is 96.7 cm³/mol. The molecule has 0 amide bonds. The van der Waals surface area contributed by atoms with Crippen LogP contribution in [0.5, 0.6) is 0 Å². The molecule has 134 valence electrons. The molecule has 0 aliphatic heterocycles. The number of nitrogen functional groups attached to an aromatic ring is 1. The fourth-order valence-electron chi connectivity index (χ4n) is 3.36. The normalized spacial score (nSPS) is 19.0. The summed E-state index contributed by atoms with van der Waals surface area (Å²) in [6.07, 6.45) is 2.05. The maximum absolute atomic E-state index is 13.3. The SMILES string of the molecule is Nc1nc2ccc(-c3ccccc3CCCF)cn2c1C(=O)[C@@H]1C[C@@H]1F. The van der Waals surface area contributed by atoms with E-state index in [1.165, 1.54) is 0 Å². The largest absolute Gasteiger partial charge is 0.382 e. The van der Waals surface area contributed by atoms with Crippen molar-refractivity contribution in [1.29, 1.82) is 0 Å². The highest BCUT2D eigenvalue weighted by atomic mass is 19.1. The van der Waals surface area contributed by atoms with Crippen LogP contribution in [0.1, 0.15) is 28.9 Å². The van der Waals surface area contributed by atoms with E-state index < -0.39 is 12.1 Å². The molecule has 2 heterocycles. The van der Waals surface area contributed by atoms with Gasteiger partial charge in [0.1, 0.15) is 17.5 Å². The molecule has 1 aliphatic carbocycles. The summed E-state index contributed by atoms with van der Waals surface area (Å²) in [4.78, 5) is 16.8. The number of pyridine rings is 1. The van der Waals surface area contributed by atoms with Gasteiger partial charge in [-0.25, -0.2) is 9.37 Å². The number of hydrogen-bond donors (Lipinski definition) is 1. The molecule has 2 N–H and O–H groups in total. The standard InChI is InChI=1S/C20H19F2N3O/c21-9-3-5-12-4-1-2-6-14(12)13-7-8-17-24-20(23)18(25(17)11-13)19(26)15-10-16(15)22/h1-2,4,6-8,11,15-16H,3,5,9-10,23H2/t15-,16+/m1/s1. The van der Waals surface area contributed by atoms with Gasteiger partial charge in [-0.3, -0.25) is 13.6 Å². The highest BCUT2D eigenvalue weighted by molar-refractivity contribution is 6.03. The number of rotatable bonds is 6. The van der Waals surface area contributed by atoms with Gasteiger partial charge in [-0.1, -0.05) is 24.3 Å². The fourth-order valence-corrected chi connectivity index (χ4v) is 3.36. The van der Waals surface area contributed by atoms with Crippen molar-refractivity contribution in [3.63, 3.8) is 0 Å². The molecular formula is C20H19F2N3O. The minimum atomic E-state index is -1.09. The lowest BCUT2D eigenvalue weighted by Gasteiger charge is -2.10. The number of nitrogens with zero attached hydrogens (tertiary/aromatic N) is 2. The Hall–Kier alpha value is -2.76. The fraction of sp³-hybridized carbons (Fsp3) is 0.300. The van der Waals surface area contributed by atoms with Crippen LogP contribution >= 0.6 is 0 Å². The number of fused-ring (bicyclic) bond motifs is 1. The van der Waals surface area contributed by atoms with E-state index in [4.69, 9.17) is 5.73 Å². The first kappa shape index (κ1) is 16.7. The molecule has 0 spiro atoms. The van der Waals surface area contributed by atoms with E-state index in [1.807, 2.05) is 30.3 Å². The van der Waals surface area contributed by atoms with Crippen molar-refractivity contribution < 1.29 is 13.6 Å². The lowest BCUT2D eigenvalue weighted by atomic mass is 9.98. The molecule has 0 saturated heterocycles. The van der Waals surface area contributed by atoms with Crippen LogP contribution < -0.4 is 5.73 Å². The molecular weight excluding hydrogens is 336 g/mol. The van der Waals surface area contributed by atoms with Gasteiger partial charge in [-0.15, -0.1) is 0 Å². The Bertz CT molecular complexity index is 982. The predicted octanol–water partition coefficient (Wildman–Crippen LogP) is 4.03. The zero-order valence-electron chi connectivity index (χ0n) is 14.2. The van der Waals surface area contributed by atoms with Crippen LogP contribution in [0.15, 0.2) is 42.6 Å². The third-order valence-corrected chi connectivity index (χ3v) is 4.84. The zero-order valence-corrected chi connectivity index (χ0v) is 14.2. The van der Waals surface area contributed by atoms with E-state index >= 15 is 0 Å². The van der Waals surface area contributed by atoms with Crippen molar-refractivity contribution in [1.82, 2.24) is 9.38 Å². The van der Waals surface area contributed by atoms with Crippen molar-refractivity contribution in [2.24, 2.45) is 5.92 Å². The van der Waals surface area contributed by atoms with Crippen molar-refractivity contribution in [3.05, 3.63) is 53.9 Å². The van der Waals surface area contributed by atoms with E-state index in [0.717, 1.165) is 16.7 Å². The monoisotopic (exact) mass is 355 g/mol. The number of aryl methyl sites for hydroxylation is 1. The number of ketones is 1. The Morgan fingerprint density at radius 3 is 2.77 bits per heavy atom. The number of imidazole rings is 1. The van der Waals surface area contributed by atoms with E-state index in [0.29, 0.717) is 18.5 Å². The number of hydrogen-bond acceptors (Lipinski definition) is 3. The summed E-state index contributed by atoms with van der Waals surface area (Å²) in [5.41, 5.74) is 9.62. The number of carbonyl (C=O) groups excluding carboxylic acids is 1. The summed E-state index contributed by atoms with van der Waals surface area (Å²) in [6, 6.07) is 11.5. The second-order valence-electron chi connectivity index (χ2n) is 6.66. The molecule has 1 aromatic carbocycles. The number of carbonyl (C=O) groups is 1. The van der Waals surface area contributed by atoms with Crippen LogP contribution in [-0.2, 0) is 6.42 Å². The van der Waals surface area contributed by atoms with Gasteiger partial charge in [0.15, 0.2) is 11.6 Å². The molecule has 3 aromatic rings. The molecule has 1 saturated carbocycles. The van der Waals surface area contributed by atoms with Gasteiger partial charge in [-0.2, -0.15) is 0 Å². The molecule has 26 heavy (non-hydrogen) atoms. The van der Waals surface area contributed by atoms with Crippen LogP contribution in [0.4, 0.5) is 14.6 Å². The maximum atomic E-state index is 13.3. The molecule has 1 aliphatic rings. The van der Waals surface area contributed by atoms with Gasteiger partial charge in [0.05, 0.1) is 12.6 Å². The minimum Gasteiger partial charge on any atom is -0.382 e. The van der Waals surface area contributed by atoms with Crippen molar-refractivity contribution in [2.75, 3.05) is 12.4 Å². The first-order chi connectivity index (χ1) is 12.6. The summed E-state index contributed by atoms with van der Waals surface area (Å²) in [5.74, 6) is -0.792. The summed E-state index contributed by atoms with van der Waals surface area (Å²) >= 11 is 0. The molecule has 0 radical (unpaired) electrons. The Morgan fingerprint density at radius 2 is 2.04 bits per heavy atom. The Labute approximate surface area is 149 Å². The quantitative estimate of drug-likeness (QED) is 0.679. The number of anilines is 1.